The van der Waals surface area contributed by atoms with Crippen molar-refractivity contribution in [2.24, 2.45) is 0 Å². The first-order valence-corrected chi connectivity index (χ1v) is 8.81. The highest BCUT2D eigenvalue weighted by molar-refractivity contribution is 6.01. The molecule has 0 aliphatic heterocycles. The lowest BCUT2D eigenvalue weighted by Crippen LogP contribution is -2.37. The van der Waals surface area contributed by atoms with Crippen LogP contribution in [0.25, 0.3) is 0 Å². The van der Waals surface area contributed by atoms with E-state index in [0.29, 0.717) is 5.71 Å². The number of hydrogen-bond donors (Lipinski definition) is 1. The molecule has 26 heavy (non-hydrogen) atoms. The molecule has 0 amide bonds. The molecule has 1 heteroatoms. The van der Waals surface area contributed by atoms with Gasteiger partial charge in [0.1, 0.15) is 0 Å². The minimum atomic E-state index is -0.518. The molecular weight excluding hydrogens is 314 g/mol. The lowest BCUT2D eigenvalue weighted by molar-refractivity contribution is 0.702. The van der Waals surface area contributed by atoms with Gasteiger partial charge in [-0.2, -0.15) is 0 Å². The van der Waals surface area contributed by atoms with Gasteiger partial charge in [-0.1, -0.05) is 66.7 Å². The summed E-state index contributed by atoms with van der Waals surface area (Å²) in [5.41, 5.74) is 7.83. The third-order valence-corrected chi connectivity index (χ3v) is 5.01. The zero-order valence-corrected chi connectivity index (χ0v) is 14.7. The maximum absolute atomic E-state index is 8.47. The van der Waals surface area contributed by atoms with Gasteiger partial charge < -0.3 is 5.41 Å². The van der Waals surface area contributed by atoms with E-state index in [0.717, 1.165) is 28.2 Å². The quantitative estimate of drug-likeness (QED) is 0.358. The van der Waals surface area contributed by atoms with Crippen molar-refractivity contribution in [2.45, 2.75) is 12.3 Å². The highest BCUT2D eigenvalue weighted by Crippen LogP contribution is 2.52. The normalized spacial score (nSPS) is 15.0. The van der Waals surface area contributed by atoms with Crippen molar-refractivity contribution in [1.29, 1.82) is 5.41 Å². The lowest BCUT2D eigenvalue weighted by atomic mass is 9.61. The predicted octanol–water partition coefficient (Wildman–Crippen LogP) is 5.73. The summed E-state index contributed by atoms with van der Waals surface area (Å²) in [5.74, 6) is 1.16. The van der Waals surface area contributed by atoms with Crippen LogP contribution in [-0.4, -0.2) is 5.71 Å². The number of benzene rings is 3. The van der Waals surface area contributed by atoms with Gasteiger partial charge in [-0.15, -0.1) is 41.8 Å². The van der Waals surface area contributed by atoms with Gasteiger partial charge in [-0.05, 0) is 23.6 Å². The predicted molar refractivity (Wildman–Crippen MR) is 107 cm³/mol. The summed E-state index contributed by atoms with van der Waals surface area (Å²) in [7, 11) is 0. The van der Waals surface area contributed by atoms with Gasteiger partial charge in [0.05, 0.1) is 0 Å². The summed E-state index contributed by atoms with van der Waals surface area (Å²) in [6, 6.07) is 31.4. The van der Waals surface area contributed by atoms with Crippen LogP contribution in [0.2, 0.25) is 0 Å². The molecule has 0 fully saturated rings. The van der Waals surface area contributed by atoms with Crippen LogP contribution in [0.3, 0.4) is 0 Å². The van der Waals surface area contributed by atoms with Crippen molar-refractivity contribution in [3.8, 4) is 0 Å². The van der Waals surface area contributed by atoms with Crippen molar-refractivity contribution in [1.82, 2.24) is 0 Å². The smallest absolute Gasteiger partial charge is 0.0365 e. The molecule has 3 aromatic carbocycles. The highest BCUT2D eigenvalue weighted by Gasteiger charge is 2.43. The average Bonchev–Trinajstić information content (AvgIpc) is 3.12. The van der Waals surface area contributed by atoms with Crippen molar-refractivity contribution in [2.75, 3.05) is 0 Å². The molecule has 0 saturated carbocycles. The molecule has 1 nitrogen and oxygen atoms in total. The van der Waals surface area contributed by atoms with Gasteiger partial charge in [0.25, 0.3) is 0 Å². The van der Waals surface area contributed by atoms with Crippen molar-refractivity contribution in [3.05, 3.63) is 131 Å². The van der Waals surface area contributed by atoms with Crippen LogP contribution in [0.15, 0.2) is 108 Å². The molecule has 0 heterocycles. The largest absolute Gasteiger partial charge is 0.306 e. The number of hydrogen-bond acceptors (Lipinski definition) is 1. The average molecular weight is 334 g/mol. The molecular formula is C25H20N-. The van der Waals surface area contributed by atoms with E-state index in [1.807, 2.05) is 25.1 Å². The maximum Gasteiger partial charge on any atom is 0.0365 e. The second-order valence-electron chi connectivity index (χ2n) is 6.55. The molecule has 0 aromatic heterocycles. The van der Waals surface area contributed by atoms with E-state index in [-0.39, 0.29) is 0 Å². The van der Waals surface area contributed by atoms with E-state index >= 15 is 0 Å². The van der Waals surface area contributed by atoms with Crippen molar-refractivity contribution < 1.29 is 0 Å². The summed E-state index contributed by atoms with van der Waals surface area (Å²) >= 11 is 0. The third kappa shape index (κ3) is 2.42. The van der Waals surface area contributed by atoms with Crippen LogP contribution in [0, 0.1) is 11.3 Å². The van der Waals surface area contributed by atoms with E-state index in [1.54, 1.807) is 0 Å². The molecule has 0 radical (unpaired) electrons. The Morgan fingerprint density at radius 1 is 0.769 bits per heavy atom. The van der Waals surface area contributed by atoms with Crippen molar-refractivity contribution >= 4 is 5.71 Å². The standard InChI is InChI=1S/C25H20N/c1-19(26)23-17-18-24(20-11-5-2-6-12-20)25(23,21-13-7-3-8-14-21)22-15-9-4-10-16-22/h2-16,18,26H,1H3/q-1. The summed E-state index contributed by atoms with van der Waals surface area (Å²) in [6.07, 6.45) is 2.06. The van der Waals surface area contributed by atoms with Crippen LogP contribution >= 0.6 is 0 Å². The monoisotopic (exact) mass is 334 g/mol. The molecule has 0 spiro atoms. The first kappa shape index (κ1) is 16.2. The number of allylic oxidation sites excluding steroid dienone is 1. The third-order valence-electron chi connectivity index (χ3n) is 5.01. The zero-order chi connectivity index (χ0) is 18.0. The second-order valence-corrected chi connectivity index (χ2v) is 6.55. The topological polar surface area (TPSA) is 23.9 Å². The first-order valence-electron chi connectivity index (χ1n) is 8.81. The summed E-state index contributed by atoms with van der Waals surface area (Å²) < 4.78 is 0. The van der Waals surface area contributed by atoms with Crippen LogP contribution in [-0.2, 0) is 5.41 Å². The summed E-state index contributed by atoms with van der Waals surface area (Å²) in [5, 5.41) is 8.47. The lowest BCUT2D eigenvalue weighted by Gasteiger charge is -2.44. The van der Waals surface area contributed by atoms with E-state index in [4.69, 9.17) is 5.41 Å². The van der Waals surface area contributed by atoms with Gasteiger partial charge in [0.2, 0.25) is 0 Å². The molecule has 1 aliphatic rings. The first-order chi connectivity index (χ1) is 12.7. The van der Waals surface area contributed by atoms with Gasteiger partial charge in [0.15, 0.2) is 0 Å². The Balaban J connectivity index is 2.05. The van der Waals surface area contributed by atoms with E-state index < -0.39 is 5.41 Å². The minimum Gasteiger partial charge on any atom is -0.306 e. The van der Waals surface area contributed by atoms with Crippen LogP contribution in [0.4, 0.5) is 0 Å². The Bertz CT molecular complexity index is 939. The SMILES string of the molecule is CC(=N)C1=C=C[C-](c2ccccc2)C1(c1ccccc1)c1ccccc1. The second kappa shape index (κ2) is 6.55. The van der Waals surface area contributed by atoms with Gasteiger partial charge in [0, 0.05) is 11.1 Å². The molecule has 1 aliphatic carbocycles. The minimum absolute atomic E-state index is 0.518. The maximum atomic E-state index is 8.47. The molecule has 4 rings (SSSR count). The zero-order valence-electron chi connectivity index (χ0n) is 14.7. The molecule has 0 atom stereocenters. The molecule has 1 N–H and O–H groups in total. The Labute approximate surface area is 154 Å². The van der Waals surface area contributed by atoms with Crippen molar-refractivity contribution in [3.63, 3.8) is 0 Å². The number of nitrogens with one attached hydrogen (secondary N) is 1. The van der Waals surface area contributed by atoms with E-state index in [2.05, 4.69) is 84.6 Å². The van der Waals surface area contributed by atoms with E-state index in [1.165, 1.54) is 0 Å². The van der Waals surface area contributed by atoms with Crippen LogP contribution in [0.1, 0.15) is 23.6 Å². The summed E-state index contributed by atoms with van der Waals surface area (Å²) in [6.45, 7) is 1.85. The van der Waals surface area contributed by atoms with Gasteiger partial charge >= 0.3 is 0 Å². The Morgan fingerprint density at radius 2 is 1.23 bits per heavy atom. The fourth-order valence-corrected chi connectivity index (χ4v) is 3.95. The van der Waals surface area contributed by atoms with Crippen LogP contribution < -0.4 is 0 Å². The number of rotatable bonds is 4. The fraction of sp³-hybridized carbons (Fsp3) is 0.0800. The van der Waals surface area contributed by atoms with Gasteiger partial charge in [-0.3, -0.25) is 0 Å². The summed E-state index contributed by atoms with van der Waals surface area (Å²) in [4.78, 5) is 0. The Morgan fingerprint density at radius 3 is 1.69 bits per heavy atom. The van der Waals surface area contributed by atoms with Crippen LogP contribution in [0.5, 0.6) is 0 Å². The molecule has 0 saturated heterocycles. The molecule has 3 aromatic rings. The molecule has 0 bridgehead atoms. The fourth-order valence-electron chi connectivity index (χ4n) is 3.95. The van der Waals surface area contributed by atoms with E-state index in [9.17, 15) is 0 Å². The molecule has 126 valence electrons. The van der Waals surface area contributed by atoms with Gasteiger partial charge in [-0.25, -0.2) is 5.73 Å². The Kier molecular flexibility index (Phi) is 4.08. The Hall–Kier alpha value is -3.28. The molecule has 0 unspecified atom stereocenters. The highest BCUT2D eigenvalue weighted by atomic mass is 14.5.